The molecular weight excluding hydrogens is 599 g/mol. The molecule has 0 spiro atoms. The van der Waals surface area contributed by atoms with Crippen molar-refractivity contribution in [1.82, 2.24) is 4.98 Å². The van der Waals surface area contributed by atoms with E-state index in [-0.39, 0.29) is 38.1 Å². The van der Waals surface area contributed by atoms with Gasteiger partial charge in [0.2, 0.25) is 0 Å². The fourth-order valence-corrected chi connectivity index (χ4v) is 3.80. The first-order valence-electron chi connectivity index (χ1n) is 10.9. The summed E-state index contributed by atoms with van der Waals surface area (Å²) >= 11 is 0. The van der Waals surface area contributed by atoms with Gasteiger partial charge in [-0.25, -0.2) is 0 Å². The van der Waals surface area contributed by atoms with Gasteiger partial charge in [0.1, 0.15) is 11.6 Å². The molecule has 3 nitrogen and oxygen atoms in total. The van der Waals surface area contributed by atoms with Crippen molar-refractivity contribution in [3.8, 4) is 22.4 Å². The number of benzene rings is 4. The normalized spacial score (nSPS) is 10.2. The molecule has 0 bridgehead atoms. The topological polar surface area (TPSA) is 47.0 Å². The van der Waals surface area contributed by atoms with Crippen LogP contribution >= 0.6 is 0 Å². The number of pyridine rings is 1. The molecule has 0 aliphatic carbocycles. The predicted octanol–water partition coefficient (Wildman–Crippen LogP) is 7.07. The van der Waals surface area contributed by atoms with E-state index in [9.17, 15) is 9.59 Å². The van der Waals surface area contributed by atoms with E-state index in [1.54, 1.807) is 0 Å². The molecule has 0 amide bonds. The van der Waals surface area contributed by atoms with E-state index in [0.717, 1.165) is 16.8 Å². The average Bonchev–Trinajstić information content (AvgIpc) is 2.83. The van der Waals surface area contributed by atoms with Crippen LogP contribution in [-0.2, 0) is 29.7 Å². The van der Waals surface area contributed by atoms with Crippen molar-refractivity contribution in [3.05, 3.63) is 103 Å². The molecule has 5 aromatic rings. The molecule has 5 rings (SSSR count). The third-order valence-electron chi connectivity index (χ3n) is 5.27. The van der Waals surface area contributed by atoms with Crippen molar-refractivity contribution in [2.75, 3.05) is 0 Å². The second-order valence-corrected chi connectivity index (χ2v) is 7.99. The van der Waals surface area contributed by atoms with Crippen LogP contribution in [0, 0.1) is 6.07 Å². The number of ketones is 2. The van der Waals surface area contributed by atoms with Crippen molar-refractivity contribution >= 4 is 33.2 Å². The number of aromatic nitrogens is 1. The van der Waals surface area contributed by atoms with E-state index in [2.05, 4.69) is 91.0 Å². The Bertz CT molecular complexity index is 1430. The summed E-state index contributed by atoms with van der Waals surface area (Å²) in [7, 11) is 0. The summed E-state index contributed by atoms with van der Waals surface area (Å²) in [4.78, 5) is 25.0. The Labute approximate surface area is 213 Å². The van der Waals surface area contributed by atoms with Crippen molar-refractivity contribution in [3.63, 3.8) is 0 Å². The number of fused-ring (bicyclic) bond motifs is 2. The molecule has 0 N–H and O–H groups in total. The van der Waals surface area contributed by atoms with E-state index in [1.807, 2.05) is 12.1 Å². The number of hydrogen-bond acceptors (Lipinski definition) is 3. The first-order chi connectivity index (χ1) is 16.0. The summed E-state index contributed by atoms with van der Waals surface area (Å²) in [5.41, 5.74) is 5.41. The van der Waals surface area contributed by atoms with Gasteiger partial charge in [-0.15, -0.1) is 29.1 Å². The van der Waals surface area contributed by atoms with Gasteiger partial charge in [0.15, 0.2) is 0 Å². The van der Waals surface area contributed by atoms with Crippen LogP contribution in [0.25, 0.3) is 44.1 Å². The average molecular weight is 623 g/mol. The van der Waals surface area contributed by atoms with Crippen LogP contribution in [0.1, 0.15) is 20.3 Å². The molecule has 4 aromatic carbocycles. The number of carbonyl (C=O) groups is 2. The smallest absolute Gasteiger partial charge is 0.137 e. The van der Waals surface area contributed by atoms with Gasteiger partial charge in [0.25, 0.3) is 0 Å². The van der Waals surface area contributed by atoms with E-state index in [1.165, 1.54) is 41.1 Å². The summed E-state index contributed by atoms with van der Waals surface area (Å²) in [6, 6.07) is 36.9. The number of hydrogen-bond donors (Lipinski definition) is 0. The van der Waals surface area contributed by atoms with Crippen molar-refractivity contribution < 1.29 is 29.7 Å². The Kier molecular flexibility index (Phi) is 8.59. The van der Waals surface area contributed by atoms with Crippen molar-refractivity contribution in [1.29, 1.82) is 0 Å². The summed E-state index contributed by atoms with van der Waals surface area (Å²) in [5.74, 6) is -0.125. The van der Waals surface area contributed by atoms with Crippen LogP contribution < -0.4 is 0 Å². The van der Waals surface area contributed by atoms with Gasteiger partial charge in [-0.2, -0.15) is 0 Å². The quantitative estimate of drug-likeness (QED) is 0.159. The zero-order valence-corrected chi connectivity index (χ0v) is 21.4. The summed E-state index contributed by atoms with van der Waals surface area (Å²) < 4.78 is 0. The van der Waals surface area contributed by atoms with Gasteiger partial charge in [0, 0.05) is 25.5 Å². The number of Topliss-reactive ketones (excluding diaryl/α,β-unsaturated/α-hetero) is 2. The van der Waals surface area contributed by atoms with E-state index < -0.39 is 0 Å². The van der Waals surface area contributed by atoms with Crippen molar-refractivity contribution in [2.45, 2.75) is 20.3 Å². The van der Waals surface area contributed by atoms with Crippen LogP contribution in [0.3, 0.4) is 0 Å². The van der Waals surface area contributed by atoms with E-state index >= 15 is 0 Å². The molecule has 0 unspecified atom stereocenters. The number of carbonyl (C=O) groups excluding carboxylic acids is 2. The molecule has 0 saturated heterocycles. The zero-order chi connectivity index (χ0) is 23.2. The van der Waals surface area contributed by atoms with Crippen LogP contribution in [0.2, 0.25) is 0 Å². The fourth-order valence-electron chi connectivity index (χ4n) is 3.80. The molecular formula is C30H24IrNO2-. The molecule has 0 saturated carbocycles. The standard InChI is InChI=1S/C25H16N.C5H8O2.Ir/c1-2-8-19(9-3-1)22-11-6-12-25-23(22)15-16-24(26-25)21-14-13-18-7-4-5-10-20(18)17-21;1-4(6)3-5(2)7;/h1-13,15-17H;3H2,1-2H3;/q-1;;. The minimum absolute atomic E-state index is 0. The third-order valence-corrected chi connectivity index (χ3v) is 5.27. The van der Waals surface area contributed by atoms with Crippen LogP contribution in [0.4, 0.5) is 0 Å². The minimum atomic E-state index is -0.0625. The van der Waals surface area contributed by atoms with Gasteiger partial charge < -0.3 is 0 Å². The summed E-state index contributed by atoms with van der Waals surface area (Å²) in [6.07, 6.45) is 0.0833. The molecule has 0 aliphatic rings. The maximum absolute atomic E-state index is 10.0. The van der Waals surface area contributed by atoms with Gasteiger partial charge in [0.05, 0.1) is 11.9 Å². The molecule has 171 valence electrons. The van der Waals surface area contributed by atoms with Gasteiger partial charge in [-0.1, -0.05) is 84.2 Å². The molecule has 1 aromatic heterocycles. The van der Waals surface area contributed by atoms with Gasteiger partial charge in [-0.05, 0) is 36.7 Å². The van der Waals surface area contributed by atoms with Gasteiger partial charge >= 0.3 is 0 Å². The largest absolute Gasteiger partial charge is 0.300 e. The monoisotopic (exact) mass is 623 g/mol. The second kappa shape index (κ2) is 11.6. The SMILES string of the molecule is CC(=O)CC(C)=O.[Ir].[c-]1cc2ccccc2cc1-c1ccc2c(-c3ccccc3)cccc2n1. The maximum Gasteiger partial charge on any atom is 0.137 e. The minimum Gasteiger partial charge on any atom is -0.300 e. The fraction of sp³-hybridized carbons (Fsp3) is 0.100. The first kappa shape index (κ1) is 25.2. The number of nitrogens with zero attached hydrogens (tertiary/aromatic N) is 1. The van der Waals surface area contributed by atoms with Crippen LogP contribution in [0.15, 0.2) is 97.1 Å². The molecule has 1 radical (unpaired) electrons. The third kappa shape index (κ3) is 6.11. The molecule has 1 heterocycles. The van der Waals surface area contributed by atoms with Gasteiger partial charge in [-0.3, -0.25) is 14.6 Å². The molecule has 0 fully saturated rings. The molecule has 0 aliphatic heterocycles. The Morgan fingerprint density at radius 1 is 0.765 bits per heavy atom. The zero-order valence-electron chi connectivity index (χ0n) is 19.0. The van der Waals surface area contributed by atoms with E-state index in [4.69, 9.17) is 4.98 Å². The molecule has 4 heteroatoms. The molecule has 0 atom stereocenters. The van der Waals surface area contributed by atoms with Crippen LogP contribution in [0.5, 0.6) is 0 Å². The Balaban J connectivity index is 0.000000357. The predicted molar refractivity (Wildman–Crippen MR) is 135 cm³/mol. The Morgan fingerprint density at radius 2 is 1.44 bits per heavy atom. The first-order valence-corrected chi connectivity index (χ1v) is 10.9. The maximum atomic E-state index is 10.0. The Hall–Kier alpha value is -3.46. The van der Waals surface area contributed by atoms with Crippen LogP contribution in [-0.4, -0.2) is 16.6 Å². The summed E-state index contributed by atoms with van der Waals surface area (Å²) in [6.45, 7) is 2.81. The Morgan fingerprint density at radius 3 is 2.12 bits per heavy atom. The molecule has 34 heavy (non-hydrogen) atoms. The van der Waals surface area contributed by atoms with Crippen molar-refractivity contribution in [2.24, 2.45) is 0 Å². The number of rotatable bonds is 4. The second-order valence-electron chi connectivity index (χ2n) is 7.99. The van der Waals surface area contributed by atoms with E-state index in [0.29, 0.717) is 0 Å². The summed E-state index contributed by atoms with van der Waals surface area (Å²) in [5, 5.41) is 3.58.